The summed E-state index contributed by atoms with van der Waals surface area (Å²) in [5, 5.41) is 0. The van der Waals surface area contributed by atoms with Gasteiger partial charge in [-0.05, 0) is 47.1 Å². The zero-order chi connectivity index (χ0) is 12.1. The molecule has 0 heterocycles. The highest BCUT2D eigenvalue weighted by Crippen LogP contribution is 2.02. The van der Waals surface area contributed by atoms with Crippen molar-refractivity contribution < 1.29 is 8.42 Å². The SMILES string of the molecule is CC(CCCN)NS(=O)(=O)NC(C)(C)C. The molecule has 0 spiro atoms. The molecule has 1 unspecified atom stereocenters. The molecule has 0 aromatic heterocycles. The lowest BCUT2D eigenvalue weighted by atomic mass is 10.1. The van der Waals surface area contributed by atoms with Gasteiger partial charge < -0.3 is 5.73 Å². The van der Waals surface area contributed by atoms with E-state index < -0.39 is 15.7 Å². The molecule has 15 heavy (non-hydrogen) atoms. The van der Waals surface area contributed by atoms with Crippen molar-refractivity contribution in [3.63, 3.8) is 0 Å². The smallest absolute Gasteiger partial charge is 0.277 e. The van der Waals surface area contributed by atoms with Crippen LogP contribution in [0.4, 0.5) is 0 Å². The maximum absolute atomic E-state index is 11.6. The van der Waals surface area contributed by atoms with Gasteiger partial charge in [-0.15, -0.1) is 0 Å². The maximum Gasteiger partial charge on any atom is 0.277 e. The van der Waals surface area contributed by atoms with Gasteiger partial charge in [-0.3, -0.25) is 0 Å². The summed E-state index contributed by atoms with van der Waals surface area (Å²) in [5.74, 6) is 0. The largest absolute Gasteiger partial charge is 0.330 e. The Morgan fingerprint density at radius 3 is 2.27 bits per heavy atom. The fourth-order valence-corrected chi connectivity index (χ4v) is 2.69. The molecule has 0 radical (unpaired) electrons. The molecule has 1 atom stereocenters. The summed E-state index contributed by atoms with van der Waals surface area (Å²) in [6.45, 7) is 7.82. The molecule has 0 rings (SSSR count). The molecule has 0 fully saturated rings. The van der Waals surface area contributed by atoms with E-state index in [0.717, 1.165) is 12.8 Å². The van der Waals surface area contributed by atoms with E-state index in [0.29, 0.717) is 6.54 Å². The molecule has 0 saturated carbocycles. The van der Waals surface area contributed by atoms with Crippen LogP contribution in [0.25, 0.3) is 0 Å². The Hall–Kier alpha value is -0.170. The average molecular weight is 237 g/mol. The maximum atomic E-state index is 11.6. The van der Waals surface area contributed by atoms with Crippen molar-refractivity contribution in [1.29, 1.82) is 0 Å². The summed E-state index contributed by atoms with van der Waals surface area (Å²) in [6, 6.07) is -0.0894. The topological polar surface area (TPSA) is 84.2 Å². The van der Waals surface area contributed by atoms with E-state index in [-0.39, 0.29) is 6.04 Å². The van der Waals surface area contributed by atoms with Gasteiger partial charge in [0.1, 0.15) is 0 Å². The summed E-state index contributed by atoms with van der Waals surface area (Å²) < 4.78 is 28.2. The Kier molecular flexibility index (Phi) is 5.72. The second-order valence-electron chi connectivity index (χ2n) is 4.81. The van der Waals surface area contributed by atoms with Gasteiger partial charge in [-0.25, -0.2) is 0 Å². The van der Waals surface area contributed by atoms with Gasteiger partial charge in [-0.2, -0.15) is 17.9 Å². The lowest BCUT2D eigenvalue weighted by Crippen LogP contribution is -2.49. The lowest BCUT2D eigenvalue weighted by Gasteiger charge is -2.22. The predicted octanol–water partition coefficient (Wildman–Crippen LogP) is 0.336. The molecule has 0 bridgehead atoms. The highest BCUT2D eigenvalue weighted by Gasteiger charge is 2.20. The highest BCUT2D eigenvalue weighted by molar-refractivity contribution is 7.87. The van der Waals surface area contributed by atoms with Crippen molar-refractivity contribution in [2.24, 2.45) is 5.73 Å². The van der Waals surface area contributed by atoms with Gasteiger partial charge in [0.15, 0.2) is 0 Å². The number of nitrogens with one attached hydrogen (secondary N) is 2. The Bertz CT molecular complexity index is 270. The molecule has 0 aliphatic heterocycles. The number of hydrogen-bond donors (Lipinski definition) is 3. The van der Waals surface area contributed by atoms with Crippen LogP contribution in [0, 0.1) is 0 Å². The summed E-state index contributed by atoms with van der Waals surface area (Å²) in [7, 11) is -3.41. The van der Waals surface area contributed by atoms with Gasteiger partial charge in [0.05, 0.1) is 0 Å². The summed E-state index contributed by atoms with van der Waals surface area (Å²) in [5.41, 5.74) is 4.89. The monoisotopic (exact) mass is 237 g/mol. The van der Waals surface area contributed by atoms with Crippen molar-refractivity contribution in [2.45, 2.75) is 52.1 Å². The van der Waals surface area contributed by atoms with Crippen molar-refractivity contribution in [2.75, 3.05) is 6.54 Å². The van der Waals surface area contributed by atoms with Crippen molar-refractivity contribution in [3.05, 3.63) is 0 Å². The van der Waals surface area contributed by atoms with Crippen LogP contribution in [0.15, 0.2) is 0 Å². The van der Waals surface area contributed by atoms with Gasteiger partial charge in [0, 0.05) is 11.6 Å². The van der Waals surface area contributed by atoms with E-state index in [1.807, 2.05) is 6.92 Å². The number of nitrogens with two attached hydrogens (primary N) is 1. The van der Waals surface area contributed by atoms with E-state index in [9.17, 15) is 8.42 Å². The van der Waals surface area contributed by atoms with Crippen LogP contribution in [0.3, 0.4) is 0 Å². The van der Waals surface area contributed by atoms with E-state index in [2.05, 4.69) is 9.44 Å². The third-order valence-electron chi connectivity index (χ3n) is 1.64. The van der Waals surface area contributed by atoms with Gasteiger partial charge in [0.2, 0.25) is 0 Å². The first kappa shape index (κ1) is 14.8. The first-order valence-electron chi connectivity index (χ1n) is 5.17. The van der Waals surface area contributed by atoms with Crippen molar-refractivity contribution in [3.8, 4) is 0 Å². The van der Waals surface area contributed by atoms with Crippen LogP contribution in [0.1, 0.15) is 40.5 Å². The second kappa shape index (κ2) is 5.79. The molecule has 92 valence electrons. The van der Waals surface area contributed by atoms with Crippen LogP contribution in [-0.4, -0.2) is 26.5 Å². The molecule has 0 aromatic rings. The molecular weight excluding hydrogens is 214 g/mol. The average Bonchev–Trinajstić information content (AvgIpc) is 1.94. The third kappa shape index (κ3) is 8.80. The molecular formula is C9H23N3O2S. The van der Waals surface area contributed by atoms with Crippen LogP contribution in [0.2, 0.25) is 0 Å². The molecule has 0 aliphatic carbocycles. The quantitative estimate of drug-likeness (QED) is 0.622. The van der Waals surface area contributed by atoms with Crippen LogP contribution < -0.4 is 15.2 Å². The first-order chi connectivity index (χ1) is 6.66. The molecule has 0 aromatic carbocycles. The zero-order valence-electron chi connectivity index (χ0n) is 10.0. The van der Waals surface area contributed by atoms with Crippen molar-refractivity contribution >= 4 is 10.2 Å². The standard InChI is InChI=1S/C9H23N3O2S/c1-8(6-5-7-10)11-15(13,14)12-9(2,3)4/h8,11-12H,5-7,10H2,1-4H3. The molecule has 0 saturated heterocycles. The highest BCUT2D eigenvalue weighted by atomic mass is 32.2. The van der Waals surface area contributed by atoms with E-state index in [1.165, 1.54) is 0 Å². The fraction of sp³-hybridized carbons (Fsp3) is 1.00. The van der Waals surface area contributed by atoms with Crippen LogP contribution in [0.5, 0.6) is 0 Å². The summed E-state index contributed by atoms with van der Waals surface area (Å²) in [6.07, 6.45) is 1.57. The molecule has 0 aliphatic rings. The minimum Gasteiger partial charge on any atom is -0.330 e. The van der Waals surface area contributed by atoms with E-state index in [4.69, 9.17) is 5.73 Å². The van der Waals surface area contributed by atoms with Gasteiger partial charge >= 0.3 is 0 Å². The Morgan fingerprint density at radius 1 is 1.33 bits per heavy atom. The Balaban J connectivity index is 4.15. The normalized spacial score (nSPS) is 15.3. The minimum absolute atomic E-state index is 0.0894. The predicted molar refractivity (Wildman–Crippen MR) is 62.7 cm³/mol. The molecule has 5 nitrogen and oxygen atoms in total. The summed E-state index contributed by atoms with van der Waals surface area (Å²) >= 11 is 0. The van der Waals surface area contributed by atoms with Crippen LogP contribution in [-0.2, 0) is 10.2 Å². The Labute approximate surface area is 93.0 Å². The molecule has 0 amide bonds. The molecule has 4 N–H and O–H groups in total. The van der Waals surface area contributed by atoms with Crippen LogP contribution >= 0.6 is 0 Å². The molecule has 6 heteroatoms. The second-order valence-corrected chi connectivity index (χ2v) is 6.25. The fourth-order valence-electron chi connectivity index (χ4n) is 1.18. The number of hydrogen-bond acceptors (Lipinski definition) is 3. The minimum atomic E-state index is -3.41. The summed E-state index contributed by atoms with van der Waals surface area (Å²) in [4.78, 5) is 0. The Morgan fingerprint density at radius 2 is 1.87 bits per heavy atom. The van der Waals surface area contributed by atoms with Gasteiger partial charge in [0.25, 0.3) is 10.2 Å². The van der Waals surface area contributed by atoms with Crippen molar-refractivity contribution in [1.82, 2.24) is 9.44 Å². The first-order valence-corrected chi connectivity index (χ1v) is 6.66. The van der Waals surface area contributed by atoms with E-state index >= 15 is 0 Å². The lowest BCUT2D eigenvalue weighted by molar-refractivity contribution is 0.471. The number of rotatable bonds is 6. The van der Waals surface area contributed by atoms with Gasteiger partial charge in [-0.1, -0.05) is 0 Å². The zero-order valence-corrected chi connectivity index (χ0v) is 10.8. The van der Waals surface area contributed by atoms with E-state index in [1.54, 1.807) is 20.8 Å². The third-order valence-corrected chi connectivity index (χ3v) is 3.23.